The summed E-state index contributed by atoms with van der Waals surface area (Å²) in [4.78, 5) is 24.3. The van der Waals surface area contributed by atoms with Crippen molar-refractivity contribution < 1.29 is 14.3 Å². The fourth-order valence-electron chi connectivity index (χ4n) is 1.38. The van der Waals surface area contributed by atoms with Crippen molar-refractivity contribution in [2.45, 2.75) is 13.5 Å². The lowest BCUT2D eigenvalue weighted by molar-refractivity contribution is -0.141. The standard InChI is InChI=1S/C10H16N4O3/c1-4-14-9(7(11)5-12-14)10(16)13(2)6-8(15)17-3/h5H,4,6,11H2,1-3H3. The minimum Gasteiger partial charge on any atom is -0.468 e. The van der Waals surface area contributed by atoms with Crippen LogP contribution in [-0.4, -0.2) is 47.3 Å². The summed E-state index contributed by atoms with van der Waals surface area (Å²) in [5, 5.41) is 3.96. The molecule has 7 nitrogen and oxygen atoms in total. The van der Waals surface area contributed by atoms with Crippen molar-refractivity contribution in [3.05, 3.63) is 11.9 Å². The van der Waals surface area contributed by atoms with E-state index >= 15 is 0 Å². The Bertz CT molecular complexity index is 427. The van der Waals surface area contributed by atoms with Crippen molar-refractivity contribution in [1.82, 2.24) is 14.7 Å². The highest BCUT2D eigenvalue weighted by Crippen LogP contribution is 2.12. The second-order valence-electron chi connectivity index (χ2n) is 3.50. The second-order valence-corrected chi connectivity index (χ2v) is 3.50. The quantitative estimate of drug-likeness (QED) is 0.731. The molecular weight excluding hydrogens is 224 g/mol. The zero-order valence-corrected chi connectivity index (χ0v) is 10.1. The molecule has 17 heavy (non-hydrogen) atoms. The van der Waals surface area contributed by atoms with Crippen molar-refractivity contribution in [2.24, 2.45) is 0 Å². The number of anilines is 1. The number of methoxy groups -OCH3 is 1. The van der Waals surface area contributed by atoms with Crippen LogP contribution in [0.15, 0.2) is 6.20 Å². The number of nitrogens with zero attached hydrogens (tertiary/aromatic N) is 3. The molecule has 0 radical (unpaired) electrons. The third-order valence-corrected chi connectivity index (χ3v) is 2.31. The van der Waals surface area contributed by atoms with Crippen molar-refractivity contribution in [2.75, 3.05) is 26.4 Å². The van der Waals surface area contributed by atoms with Crippen molar-refractivity contribution >= 4 is 17.6 Å². The third-order valence-electron chi connectivity index (χ3n) is 2.31. The van der Waals surface area contributed by atoms with Gasteiger partial charge in [0.1, 0.15) is 12.2 Å². The lowest BCUT2D eigenvalue weighted by atomic mass is 10.3. The highest BCUT2D eigenvalue weighted by Gasteiger charge is 2.21. The van der Waals surface area contributed by atoms with Gasteiger partial charge in [-0.2, -0.15) is 5.10 Å². The van der Waals surface area contributed by atoms with E-state index in [-0.39, 0.29) is 12.5 Å². The number of nitrogen functional groups attached to an aromatic ring is 1. The SMILES string of the molecule is CCn1ncc(N)c1C(=O)N(C)CC(=O)OC. The molecule has 0 aliphatic carbocycles. The minimum absolute atomic E-state index is 0.121. The number of likely N-dealkylation sites (N-methyl/N-ethyl adjacent to an activating group) is 1. The summed E-state index contributed by atoms with van der Waals surface area (Å²) in [6.07, 6.45) is 1.42. The van der Waals surface area contributed by atoms with E-state index in [1.807, 2.05) is 6.92 Å². The summed E-state index contributed by atoms with van der Waals surface area (Å²) in [6, 6.07) is 0. The van der Waals surface area contributed by atoms with E-state index in [2.05, 4.69) is 9.84 Å². The van der Waals surface area contributed by atoms with Crippen molar-refractivity contribution in [1.29, 1.82) is 0 Å². The Morgan fingerprint density at radius 3 is 2.76 bits per heavy atom. The number of aryl methyl sites for hydroxylation is 1. The summed E-state index contributed by atoms with van der Waals surface area (Å²) in [7, 11) is 2.77. The maximum atomic E-state index is 12.0. The summed E-state index contributed by atoms with van der Waals surface area (Å²) in [5.74, 6) is -0.839. The van der Waals surface area contributed by atoms with Gasteiger partial charge in [0.15, 0.2) is 0 Å². The average Bonchev–Trinajstić information content (AvgIpc) is 2.69. The number of esters is 1. The maximum Gasteiger partial charge on any atom is 0.325 e. The fraction of sp³-hybridized carbons (Fsp3) is 0.500. The topological polar surface area (TPSA) is 90.5 Å². The van der Waals surface area contributed by atoms with Gasteiger partial charge in [-0.15, -0.1) is 0 Å². The first-order chi connectivity index (χ1) is 8.01. The molecule has 0 bridgehead atoms. The second kappa shape index (κ2) is 5.33. The predicted molar refractivity (Wildman–Crippen MR) is 61.3 cm³/mol. The first-order valence-corrected chi connectivity index (χ1v) is 5.14. The molecule has 0 atom stereocenters. The van der Waals surface area contributed by atoms with Crippen LogP contribution in [-0.2, 0) is 16.1 Å². The van der Waals surface area contributed by atoms with Crippen LogP contribution in [0, 0.1) is 0 Å². The van der Waals surface area contributed by atoms with Crippen LogP contribution in [0.4, 0.5) is 5.69 Å². The summed E-state index contributed by atoms with van der Waals surface area (Å²) >= 11 is 0. The molecule has 1 amide bonds. The molecule has 0 aromatic carbocycles. The zero-order valence-electron chi connectivity index (χ0n) is 10.1. The molecule has 1 heterocycles. The molecule has 0 fully saturated rings. The molecule has 1 aromatic heterocycles. The van der Waals surface area contributed by atoms with E-state index in [1.54, 1.807) is 0 Å². The Morgan fingerprint density at radius 2 is 2.24 bits per heavy atom. The molecule has 0 aliphatic rings. The number of carbonyl (C=O) groups excluding carboxylic acids is 2. The number of nitrogens with two attached hydrogens (primary N) is 1. The van der Waals surface area contributed by atoms with Gasteiger partial charge >= 0.3 is 5.97 Å². The van der Waals surface area contributed by atoms with Crippen LogP contribution in [0.25, 0.3) is 0 Å². The molecule has 1 rings (SSSR count). The number of hydrogen-bond acceptors (Lipinski definition) is 5. The molecule has 0 saturated carbocycles. The van der Waals surface area contributed by atoms with E-state index in [1.165, 1.54) is 29.9 Å². The van der Waals surface area contributed by atoms with Crippen LogP contribution in [0.5, 0.6) is 0 Å². The van der Waals surface area contributed by atoms with Gasteiger partial charge in [0, 0.05) is 13.6 Å². The highest BCUT2D eigenvalue weighted by molar-refractivity contribution is 5.98. The average molecular weight is 240 g/mol. The van der Waals surface area contributed by atoms with Crippen LogP contribution in [0.2, 0.25) is 0 Å². The van der Waals surface area contributed by atoms with E-state index in [9.17, 15) is 9.59 Å². The number of ether oxygens (including phenoxy) is 1. The van der Waals surface area contributed by atoms with Crippen LogP contribution >= 0.6 is 0 Å². The number of hydrogen-bond donors (Lipinski definition) is 1. The minimum atomic E-state index is -0.484. The lowest BCUT2D eigenvalue weighted by Crippen LogP contribution is -2.34. The van der Waals surface area contributed by atoms with E-state index in [0.29, 0.717) is 17.9 Å². The van der Waals surface area contributed by atoms with Gasteiger partial charge in [-0.1, -0.05) is 0 Å². The number of amides is 1. The monoisotopic (exact) mass is 240 g/mol. The van der Waals surface area contributed by atoms with Gasteiger partial charge in [0.25, 0.3) is 5.91 Å². The Morgan fingerprint density at radius 1 is 1.59 bits per heavy atom. The molecule has 0 spiro atoms. The highest BCUT2D eigenvalue weighted by atomic mass is 16.5. The van der Waals surface area contributed by atoms with Gasteiger partial charge in [0.05, 0.1) is 19.0 Å². The van der Waals surface area contributed by atoms with Crippen LogP contribution in [0.1, 0.15) is 17.4 Å². The lowest BCUT2D eigenvalue weighted by Gasteiger charge is -2.16. The molecule has 2 N–H and O–H groups in total. The third kappa shape index (κ3) is 2.74. The molecule has 0 aliphatic heterocycles. The Hall–Kier alpha value is -2.05. The maximum absolute atomic E-state index is 12.0. The Kier molecular flexibility index (Phi) is 4.08. The normalized spacial score (nSPS) is 10.1. The summed E-state index contributed by atoms with van der Waals surface area (Å²) in [6.45, 7) is 2.26. The molecule has 94 valence electrons. The van der Waals surface area contributed by atoms with Gasteiger partial charge in [0.2, 0.25) is 0 Å². The first kappa shape index (κ1) is 13.0. The molecule has 0 saturated heterocycles. The largest absolute Gasteiger partial charge is 0.468 e. The molecule has 1 aromatic rings. The molecule has 0 unspecified atom stereocenters. The van der Waals surface area contributed by atoms with E-state index in [4.69, 9.17) is 5.73 Å². The number of rotatable bonds is 4. The van der Waals surface area contributed by atoms with Crippen molar-refractivity contribution in [3.63, 3.8) is 0 Å². The van der Waals surface area contributed by atoms with Gasteiger partial charge < -0.3 is 15.4 Å². The van der Waals surface area contributed by atoms with Crippen molar-refractivity contribution in [3.8, 4) is 0 Å². The summed E-state index contributed by atoms with van der Waals surface area (Å²) in [5.41, 5.74) is 6.26. The van der Waals surface area contributed by atoms with Gasteiger partial charge in [-0.25, -0.2) is 0 Å². The van der Waals surface area contributed by atoms with E-state index < -0.39 is 5.97 Å². The number of carbonyl (C=O) groups is 2. The fourth-order valence-corrected chi connectivity index (χ4v) is 1.38. The van der Waals surface area contributed by atoms with Crippen LogP contribution in [0.3, 0.4) is 0 Å². The van der Waals surface area contributed by atoms with Gasteiger partial charge in [-0.05, 0) is 6.92 Å². The smallest absolute Gasteiger partial charge is 0.325 e. The van der Waals surface area contributed by atoms with Crippen LogP contribution < -0.4 is 5.73 Å². The first-order valence-electron chi connectivity index (χ1n) is 5.14. The predicted octanol–water partition coefficient (Wildman–Crippen LogP) is -0.270. The zero-order chi connectivity index (χ0) is 13.0. The molecular formula is C10H16N4O3. The summed E-state index contributed by atoms with van der Waals surface area (Å²) < 4.78 is 5.98. The Balaban J connectivity index is 2.88. The van der Waals surface area contributed by atoms with Gasteiger partial charge in [-0.3, -0.25) is 14.3 Å². The number of aromatic nitrogens is 2. The van der Waals surface area contributed by atoms with E-state index in [0.717, 1.165) is 0 Å². The molecule has 7 heteroatoms. The Labute approximate surface area is 99.1 Å².